The SMILES string of the molecule is Clc1ccc(C[NH+]2CCCCCC2)c(Cl)c1. The number of hydrogen-bond donors (Lipinski definition) is 1. The largest absolute Gasteiger partial charge is 0.331 e. The van der Waals surface area contributed by atoms with Gasteiger partial charge in [-0.25, -0.2) is 0 Å². The molecule has 0 amide bonds. The van der Waals surface area contributed by atoms with Gasteiger partial charge < -0.3 is 4.90 Å². The van der Waals surface area contributed by atoms with Crippen LogP contribution in [0.15, 0.2) is 18.2 Å². The third-order valence-corrected chi connectivity index (χ3v) is 3.85. The lowest BCUT2D eigenvalue weighted by Gasteiger charge is -2.17. The van der Waals surface area contributed by atoms with Crippen molar-refractivity contribution in [3.05, 3.63) is 33.8 Å². The van der Waals surface area contributed by atoms with Crippen LogP contribution in [0.1, 0.15) is 31.2 Å². The van der Waals surface area contributed by atoms with Crippen LogP contribution in [0.3, 0.4) is 0 Å². The van der Waals surface area contributed by atoms with Gasteiger partial charge >= 0.3 is 0 Å². The van der Waals surface area contributed by atoms with Gasteiger partial charge in [-0.15, -0.1) is 0 Å². The quantitative estimate of drug-likeness (QED) is 0.832. The van der Waals surface area contributed by atoms with Gasteiger partial charge in [0.15, 0.2) is 0 Å². The Bertz CT molecular complexity index is 344. The molecule has 1 heterocycles. The van der Waals surface area contributed by atoms with E-state index in [2.05, 4.69) is 6.07 Å². The summed E-state index contributed by atoms with van der Waals surface area (Å²) in [5, 5.41) is 1.53. The van der Waals surface area contributed by atoms with Gasteiger partial charge in [-0.2, -0.15) is 0 Å². The fourth-order valence-electron chi connectivity index (χ4n) is 2.34. The molecule has 1 aliphatic rings. The zero-order valence-corrected chi connectivity index (χ0v) is 10.9. The molecule has 0 unspecified atom stereocenters. The van der Waals surface area contributed by atoms with Crippen molar-refractivity contribution in [1.82, 2.24) is 0 Å². The molecule has 1 aromatic rings. The highest BCUT2D eigenvalue weighted by atomic mass is 35.5. The first-order valence-corrected chi connectivity index (χ1v) is 6.79. The number of likely N-dealkylation sites (tertiary alicyclic amines) is 1. The standard InChI is InChI=1S/C13H17Cl2N/c14-12-6-5-11(13(15)9-12)10-16-7-3-1-2-4-8-16/h5-6,9H,1-4,7-8,10H2/p+1. The summed E-state index contributed by atoms with van der Waals surface area (Å²) in [5.74, 6) is 0. The molecule has 0 atom stereocenters. The summed E-state index contributed by atoms with van der Waals surface area (Å²) >= 11 is 12.1. The van der Waals surface area contributed by atoms with Gasteiger partial charge in [0.05, 0.1) is 18.1 Å². The van der Waals surface area contributed by atoms with Gasteiger partial charge in [-0.05, 0) is 37.8 Å². The van der Waals surface area contributed by atoms with Crippen LogP contribution in [0.5, 0.6) is 0 Å². The fourth-order valence-corrected chi connectivity index (χ4v) is 2.82. The van der Waals surface area contributed by atoms with E-state index in [0.717, 1.165) is 16.6 Å². The number of quaternary nitrogens is 1. The van der Waals surface area contributed by atoms with Crippen molar-refractivity contribution >= 4 is 23.2 Å². The molecular formula is C13H18Cl2N+. The van der Waals surface area contributed by atoms with Crippen LogP contribution in [0, 0.1) is 0 Å². The van der Waals surface area contributed by atoms with Crippen LogP contribution in [-0.2, 0) is 6.54 Å². The Hall–Kier alpha value is -0.240. The van der Waals surface area contributed by atoms with Crippen molar-refractivity contribution in [2.45, 2.75) is 32.2 Å². The lowest BCUT2D eigenvalue weighted by molar-refractivity contribution is -0.913. The lowest BCUT2D eigenvalue weighted by Crippen LogP contribution is -3.10. The van der Waals surface area contributed by atoms with Gasteiger partial charge in [0.25, 0.3) is 0 Å². The molecule has 1 fully saturated rings. The van der Waals surface area contributed by atoms with E-state index in [1.165, 1.54) is 44.3 Å². The van der Waals surface area contributed by atoms with Crippen LogP contribution >= 0.6 is 23.2 Å². The third-order valence-electron chi connectivity index (χ3n) is 3.27. The minimum atomic E-state index is 0.722. The zero-order valence-electron chi connectivity index (χ0n) is 9.44. The van der Waals surface area contributed by atoms with Crippen LogP contribution in [0.4, 0.5) is 0 Å². The summed E-state index contributed by atoms with van der Waals surface area (Å²) in [4.78, 5) is 1.65. The average molecular weight is 259 g/mol. The molecule has 1 saturated heterocycles. The molecule has 0 spiro atoms. The van der Waals surface area contributed by atoms with E-state index in [1.807, 2.05) is 12.1 Å². The molecule has 3 heteroatoms. The van der Waals surface area contributed by atoms with E-state index >= 15 is 0 Å². The van der Waals surface area contributed by atoms with E-state index in [4.69, 9.17) is 23.2 Å². The monoisotopic (exact) mass is 258 g/mol. The van der Waals surface area contributed by atoms with Gasteiger partial charge in [0.2, 0.25) is 0 Å². The first-order chi connectivity index (χ1) is 7.75. The second-order valence-electron chi connectivity index (χ2n) is 4.58. The number of benzene rings is 1. The molecule has 0 aliphatic carbocycles. The Morgan fingerprint density at radius 3 is 2.31 bits per heavy atom. The van der Waals surface area contributed by atoms with E-state index in [0.29, 0.717) is 0 Å². The van der Waals surface area contributed by atoms with E-state index in [9.17, 15) is 0 Å². The Kier molecular flexibility index (Phi) is 4.51. The minimum Gasteiger partial charge on any atom is -0.331 e. The summed E-state index contributed by atoms with van der Waals surface area (Å²) in [6.45, 7) is 3.59. The molecule has 88 valence electrons. The Morgan fingerprint density at radius 2 is 1.69 bits per heavy atom. The fraction of sp³-hybridized carbons (Fsp3) is 0.538. The topological polar surface area (TPSA) is 4.44 Å². The molecule has 2 rings (SSSR count). The smallest absolute Gasteiger partial charge is 0.104 e. The maximum atomic E-state index is 6.19. The van der Waals surface area contributed by atoms with Crippen LogP contribution in [0.2, 0.25) is 10.0 Å². The van der Waals surface area contributed by atoms with Crippen molar-refractivity contribution in [3.63, 3.8) is 0 Å². The third kappa shape index (κ3) is 3.38. The number of rotatable bonds is 2. The number of hydrogen-bond acceptors (Lipinski definition) is 0. The van der Waals surface area contributed by atoms with Gasteiger partial charge in [0, 0.05) is 10.6 Å². The molecule has 1 nitrogen and oxygen atoms in total. The van der Waals surface area contributed by atoms with Gasteiger partial charge in [-0.3, -0.25) is 0 Å². The molecular weight excluding hydrogens is 241 g/mol. The highest BCUT2D eigenvalue weighted by Crippen LogP contribution is 2.20. The average Bonchev–Trinajstić information content (AvgIpc) is 2.51. The molecule has 0 aromatic heterocycles. The van der Waals surface area contributed by atoms with Crippen molar-refractivity contribution < 1.29 is 4.90 Å². The van der Waals surface area contributed by atoms with E-state index < -0.39 is 0 Å². The summed E-state index contributed by atoms with van der Waals surface area (Å²) in [6.07, 6.45) is 5.47. The Balaban J connectivity index is 2.01. The molecule has 1 N–H and O–H groups in total. The van der Waals surface area contributed by atoms with Crippen molar-refractivity contribution in [2.24, 2.45) is 0 Å². The summed E-state index contributed by atoms with van der Waals surface area (Å²) in [5.41, 5.74) is 1.22. The normalized spacial score (nSPS) is 18.4. The first kappa shape index (κ1) is 12.2. The number of nitrogens with one attached hydrogen (secondary N) is 1. The highest BCUT2D eigenvalue weighted by Gasteiger charge is 2.14. The van der Waals surface area contributed by atoms with Crippen molar-refractivity contribution in [3.8, 4) is 0 Å². The van der Waals surface area contributed by atoms with E-state index in [-0.39, 0.29) is 0 Å². The van der Waals surface area contributed by atoms with Crippen molar-refractivity contribution in [2.75, 3.05) is 13.1 Å². The summed E-state index contributed by atoms with van der Waals surface area (Å²) in [6, 6.07) is 5.83. The highest BCUT2D eigenvalue weighted by molar-refractivity contribution is 6.35. The lowest BCUT2D eigenvalue weighted by atomic mass is 10.2. The second-order valence-corrected chi connectivity index (χ2v) is 5.42. The maximum absolute atomic E-state index is 6.19. The molecule has 1 aromatic carbocycles. The molecule has 0 bridgehead atoms. The summed E-state index contributed by atoms with van der Waals surface area (Å²) < 4.78 is 0. The molecule has 0 radical (unpaired) electrons. The summed E-state index contributed by atoms with van der Waals surface area (Å²) in [7, 11) is 0. The second kappa shape index (κ2) is 5.90. The first-order valence-electron chi connectivity index (χ1n) is 6.03. The van der Waals surface area contributed by atoms with Crippen molar-refractivity contribution in [1.29, 1.82) is 0 Å². The molecule has 0 saturated carbocycles. The molecule has 1 aliphatic heterocycles. The van der Waals surface area contributed by atoms with Gasteiger partial charge in [0.1, 0.15) is 6.54 Å². The molecule has 16 heavy (non-hydrogen) atoms. The van der Waals surface area contributed by atoms with Crippen LogP contribution < -0.4 is 4.90 Å². The number of halogens is 2. The van der Waals surface area contributed by atoms with Crippen LogP contribution in [-0.4, -0.2) is 13.1 Å². The zero-order chi connectivity index (χ0) is 11.4. The predicted octanol–water partition coefficient (Wildman–Crippen LogP) is 2.95. The minimum absolute atomic E-state index is 0.722. The predicted molar refractivity (Wildman–Crippen MR) is 69.3 cm³/mol. The van der Waals surface area contributed by atoms with Gasteiger partial charge in [-0.1, -0.05) is 29.3 Å². The maximum Gasteiger partial charge on any atom is 0.104 e. The Morgan fingerprint density at radius 1 is 1.00 bits per heavy atom. The Labute approximate surface area is 107 Å². The van der Waals surface area contributed by atoms with E-state index in [1.54, 1.807) is 4.90 Å². The van der Waals surface area contributed by atoms with Crippen LogP contribution in [0.25, 0.3) is 0 Å².